The van der Waals surface area contributed by atoms with Crippen LogP contribution >= 0.6 is 0 Å². The molecule has 0 aromatic carbocycles. The Morgan fingerprint density at radius 2 is 2.03 bits per heavy atom. The van der Waals surface area contributed by atoms with Crippen LogP contribution in [0, 0.1) is 0 Å². The first-order chi connectivity index (χ1) is 14.6. The minimum absolute atomic E-state index is 0.0720. The highest BCUT2D eigenvalue weighted by atomic mass is 16.5. The van der Waals surface area contributed by atoms with Gasteiger partial charge in [-0.1, -0.05) is 6.07 Å². The molecule has 2 aromatic rings. The van der Waals surface area contributed by atoms with Gasteiger partial charge < -0.3 is 15.2 Å². The van der Waals surface area contributed by atoms with Gasteiger partial charge in [-0.2, -0.15) is 5.10 Å². The fourth-order valence-electron chi connectivity index (χ4n) is 3.59. The summed E-state index contributed by atoms with van der Waals surface area (Å²) in [4.78, 5) is 28.5. The third kappa shape index (κ3) is 5.98. The monoisotopic (exact) mass is 412 g/mol. The average molecular weight is 412 g/mol. The summed E-state index contributed by atoms with van der Waals surface area (Å²) in [7, 11) is 1.47. The minimum Gasteiger partial charge on any atom is -0.481 e. The number of carboxylic acid groups (broad SMARTS) is 1. The summed E-state index contributed by atoms with van der Waals surface area (Å²) in [6.45, 7) is 0.970. The van der Waals surface area contributed by atoms with Crippen LogP contribution < -0.4 is 10.1 Å². The molecule has 0 spiro atoms. The van der Waals surface area contributed by atoms with Gasteiger partial charge in [0, 0.05) is 31.1 Å². The van der Waals surface area contributed by atoms with Crippen LogP contribution in [-0.4, -0.2) is 45.7 Å². The molecule has 1 atom stereocenters. The Hall–Kier alpha value is -3.03. The second kappa shape index (κ2) is 10.7. The van der Waals surface area contributed by atoms with Crippen molar-refractivity contribution >= 4 is 17.6 Å². The minimum atomic E-state index is -1.01. The van der Waals surface area contributed by atoms with E-state index in [-0.39, 0.29) is 18.6 Å². The molecule has 0 unspecified atom stereocenters. The second-order valence-electron chi connectivity index (χ2n) is 7.52. The van der Waals surface area contributed by atoms with E-state index in [0.717, 1.165) is 50.2 Å². The number of aryl methyl sites for hydroxylation is 2. The number of carbonyl (C=O) groups is 2. The zero-order valence-electron chi connectivity index (χ0n) is 17.3. The lowest BCUT2D eigenvalue weighted by Gasteiger charge is -2.17. The standard InChI is InChI=1S/C22H28N4O4/c1-30-20-13-12-19(25-26-20)18(22(28)29)11-10-17(27)7-3-2-6-16-9-8-15-5-4-14-23-21(15)24-16/h8-9,12-13,18H,2-7,10-11,14H2,1H3,(H,23,24)(H,28,29)/t18-/m1/s1. The topological polar surface area (TPSA) is 114 Å². The molecule has 0 saturated carbocycles. The number of Topliss-reactive ketones (excluding diaryl/α,β-unsaturated/α-hetero) is 1. The number of nitrogens with zero attached hydrogens (tertiary/aromatic N) is 3. The first-order valence-electron chi connectivity index (χ1n) is 10.4. The van der Waals surface area contributed by atoms with E-state index in [4.69, 9.17) is 4.74 Å². The van der Waals surface area contributed by atoms with Gasteiger partial charge in [0.05, 0.1) is 12.8 Å². The number of nitrogens with one attached hydrogen (secondary N) is 1. The summed E-state index contributed by atoms with van der Waals surface area (Å²) in [5, 5.41) is 20.5. The fraction of sp³-hybridized carbons (Fsp3) is 0.500. The van der Waals surface area contributed by atoms with Crippen LogP contribution in [0.25, 0.3) is 0 Å². The molecule has 30 heavy (non-hydrogen) atoms. The van der Waals surface area contributed by atoms with E-state index < -0.39 is 11.9 Å². The van der Waals surface area contributed by atoms with Crippen molar-refractivity contribution in [3.63, 3.8) is 0 Å². The summed E-state index contributed by atoms with van der Waals surface area (Å²) >= 11 is 0. The zero-order chi connectivity index (χ0) is 21.3. The summed E-state index contributed by atoms with van der Waals surface area (Å²) in [5.74, 6) is -0.462. The van der Waals surface area contributed by atoms with Gasteiger partial charge in [0.2, 0.25) is 5.88 Å². The van der Waals surface area contributed by atoms with Gasteiger partial charge in [-0.05, 0) is 56.2 Å². The van der Waals surface area contributed by atoms with Crippen molar-refractivity contribution in [3.8, 4) is 5.88 Å². The number of methoxy groups -OCH3 is 1. The lowest BCUT2D eigenvalue weighted by Crippen LogP contribution is -2.15. The van der Waals surface area contributed by atoms with Gasteiger partial charge in [-0.25, -0.2) is 4.98 Å². The predicted molar refractivity (Wildman–Crippen MR) is 112 cm³/mol. The molecule has 2 N–H and O–H groups in total. The van der Waals surface area contributed by atoms with E-state index in [1.54, 1.807) is 12.1 Å². The summed E-state index contributed by atoms with van der Waals surface area (Å²) in [6, 6.07) is 7.37. The number of aliphatic carboxylic acids is 1. The molecule has 1 aliphatic rings. The van der Waals surface area contributed by atoms with Crippen LogP contribution in [0.3, 0.4) is 0 Å². The number of rotatable bonds is 11. The van der Waals surface area contributed by atoms with Gasteiger partial charge in [-0.3, -0.25) is 9.59 Å². The van der Waals surface area contributed by atoms with Crippen LogP contribution in [0.5, 0.6) is 5.88 Å². The summed E-state index contributed by atoms with van der Waals surface area (Å²) < 4.78 is 4.94. The summed E-state index contributed by atoms with van der Waals surface area (Å²) in [6.07, 6.45) is 5.58. The number of ketones is 1. The van der Waals surface area contributed by atoms with Crippen LogP contribution in [0.15, 0.2) is 24.3 Å². The van der Waals surface area contributed by atoms with Crippen LogP contribution in [0.2, 0.25) is 0 Å². The predicted octanol–water partition coefficient (Wildman–Crippen LogP) is 3.17. The first-order valence-corrected chi connectivity index (χ1v) is 10.4. The molecule has 0 radical (unpaired) electrons. The molecule has 0 saturated heterocycles. The molecule has 3 heterocycles. The lowest BCUT2D eigenvalue weighted by atomic mass is 9.96. The number of pyridine rings is 1. The maximum absolute atomic E-state index is 12.2. The highest BCUT2D eigenvalue weighted by Crippen LogP contribution is 2.22. The number of aromatic nitrogens is 3. The molecular weight excluding hydrogens is 384 g/mol. The van der Waals surface area contributed by atoms with E-state index >= 15 is 0 Å². The molecule has 1 aliphatic heterocycles. The molecule has 2 aromatic heterocycles. The van der Waals surface area contributed by atoms with Crippen molar-refractivity contribution in [3.05, 3.63) is 41.2 Å². The highest BCUT2D eigenvalue weighted by Gasteiger charge is 2.23. The van der Waals surface area contributed by atoms with Crippen LogP contribution in [-0.2, 0) is 22.4 Å². The second-order valence-corrected chi connectivity index (χ2v) is 7.52. The number of hydrogen-bond donors (Lipinski definition) is 2. The third-order valence-corrected chi connectivity index (χ3v) is 5.33. The molecule has 0 bridgehead atoms. The van der Waals surface area contributed by atoms with Crippen molar-refractivity contribution < 1.29 is 19.4 Å². The molecule has 8 heteroatoms. The Morgan fingerprint density at radius 1 is 1.17 bits per heavy atom. The molecule has 3 rings (SSSR count). The Bertz CT molecular complexity index is 870. The number of carboxylic acids is 1. The van der Waals surface area contributed by atoms with Gasteiger partial charge in [-0.15, -0.1) is 5.10 Å². The Labute approximate surface area is 176 Å². The lowest BCUT2D eigenvalue weighted by molar-refractivity contribution is -0.139. The largest absolute Gasteiger partial charge is 0.481 e. The highest BCUT2D eigenvalue weighted by molar-refractivity contribution is 5.80. The molecular formula is C22H28N4O4. The van der Waals surface area contributed by atoms with Crippen LogP contribution in [0.4, 0.5) is 5.82 Å². The van der Waals surface area contributed by atoms with Gasteiger partial charge in [0.25, 0.3) is 0 Å². The van der Waals surface area contributed by atoms with Crippen molar-refractivity contribution in [1.82, 2.24) is 15.2 Å². The number of anilines is 1. The Balaban J connectivity index is 1.40. The molecule has 160 valence electrons. The third-order valence-electron chi connectivity index (χ3n) is 5.33. The first kappa shape index (κ1) is 21.7. The normalized spacial score (nSPS) is 13.8. The van der Waals surface area contributed by atoms with E-state index in [0.29, 0.717) is 18.0 Å². The number of hydrogen-bond acceptors (Lipinski definition) is 7. The summed E-state index contributed by atoms with van der Waals surface area (Å²) in [5.41, 5.74) is 2.65. The van der Waals surface area contributed by atoms with E-state index in [2.05, 4.69) is 32.6 Å². The molecule has 0 fully saturated rings. The average Bonchev–Trinajstić information content (AvgIpc) is 2.77. The SMILES string of the molecule is COc1ccc([C@@H](CCC(=O)CCCCc2ccc3c(n2)NCCC3)C(=O)O)nn1. The van der Waals surface area contributed by atoms with E-state index in [1.165, 1.54) is 12.7 Å². The smallest absolute Gasteiger partial charge is 0.312 e. The fourth-order valence-corrected chi connectivity index (χ4v) is 3.59. The maximum Gasteiger partial charge on any atom is 0.312 e. The number of carbonyl (C=O) groups excluding carboxylic acids is 1. The Kier molecular flexibility index (Phi) is 7.70. The Morgan fingerprint density at radius 3 is 2.77 bits per heavy atom. The maximum atomic E-state index is 12.2. The van der Waals surface area contributed by atoms with Crippen molar-refractivity contribution in [1.29, 1.82) is 0 Å². The van der Waals surface area contributed by atoms with Gasteiger partial charge in [0.15, 0.2) is 0 Å². The van der Waals surface area contributed by atoms with Crippen molar-refractivity contribution in [2.45, 2.75) is 57.3 Å². The molecule has 8 nitrogen and oxygen atoms in total. The van der Waals surface area contributed by atoms with E-state index in [1.807, 2.05) is 0 Å². The van der Waals surface area contributed by atoms with Gasteiger partial charge >= 0.3 is 5.97 Å². The number of fused-ring (bicyclic) bond motifs is 1. The molecule has 0 amide bonds. The van der Waals surface area contributed by atoms with Crippen molar-refractivity contribution in [2.24, 2.45) is 0 Å². The van der Waals surface area contributed by atoms with Crippen molar-refractivity contribution in [2.75, 3.05) is 19.0 Å². The van der Waals surface area contributed by atoms with Gasteiger partial charge in [0.1, 0.15) is 17.5 Å². The molecule has 0 aliphatic carbocycles. The number of unbranched alkanes of at least 4 members (excludes halogenated alkanes) is 1. The van der Waals surface area contributed by atoms with E-state index in [9.17, 15) is 14.7 Å². The zero-order valence-corrected chi connectivity index (χ0v) is 17.3. The number of ether oxygens (including phenoxy) is 1. The van der Waals surface area contributed by atoms with Crippen LogP contribution in [0.1, 0.15) is 61.4 Å². The quantitative estimate of drug-likeness (QED) is 0.541.